The lowest BCUT2D eigenvalue weighted by atomic mass is 10.2. The van der Waals surface area contributed by atoms with Crippen molar-refractivity contribution in [2.75, 3.05) is 26.7 Å². The van der Waals surface area contributed by atoms with E-state index in [1.807, 2.05) is 7.05 Å². The highest BCUT2D eigenvalue weighted by atomic mass is 16.3. The van der Waals surface area contributed by atoms with Gasteiger partial charge in [-0.15, -0.1) is 0 Å². The summed E-state index contributed by atoms with van der Waals surface area (Å²) in [4.78, 5) is 3.74. The van der Waals surface area contributed by atoms with Gasteiger partial charge in [0.25, 0.3) is 0 Å². The van der Waals surface area contributed by atoms with Gasteiger partial charge in [0.15, 0.2) is 11.6 Å². The first-order valence-electron chi connectivity index (χ1n) is 4.84. The van der Waals surface area contributed by atoms with E-state index in [1.165, 1.54) is 0 Å². The highest BCUT2D eigenvalue weighted by Crippen LogP contribution is 2.09. The molecule has 2 heterocycles. The molecular weight excluding hydrogens is 192 g/mol. The van der Waals surface area contributed by atoms with Gasteiger partial charge in [0.05, 0.1) is 12.8 Å². The van der Waals surface area contributed by atoms with Gasteiger partial charge < -0.3 is 9.32 Å². The predicted octanol–water partition coefficient (Wildman–Crippen LogP) is 0.830. The van der Waals surface area contributed by atoms with Crippen LogP contribution in [0, 0.1) is 10.8 Å². The molecule has 2 rings (SSSR count). The Labute approximate surface area is 88.3 Å². The van der Waals surface area contributed by atoms with Crippen LogP contribution in [0.1, 0.15) is 5.76 Å². The molecule has 0 unspecified atom stereocenters. The summed E-state index contributed by atoms with van der Waals surface area (Å²) in [6.07, 6.45) is 1.55. The maximum atomic E-state index is 7.91. The molecule has 1 aliphatic rings. The Morgan fingerprint density at radius 2 is 2.27 bits per heavy atom. The molecule has 0 aromatic carbocycles. The van der Waals surface area contributed by atoms with Crippen LogP contribution in [0.2, 0.25) is 0 Å². The molecule has 0 radical (unpaired) electrons. The average molecular weight is 206 g/mol. The number of piperazine rings is 1. The minimum absolute atomic E-state index is 0.276. The number of nitrogens with zero attached hydrogens (tertiary/aromatic N) is 2. The normalized spacial score (nSPS) is 18.2. The lowest BCUT2D eigenvalue weighted by Crippen LogP contribution is -2.50. The first kappa shape index (κ1) is 9.92. The van der Waals surface area contributed by atoms with E-state index in [1.54, 1.807) is 23.3 Å². The van der Waals surface area contributed by atoms with Crippen molar-refractivity contribution in [2.45, 2.75) is 0 Å². The van der Waals surface area contributed by atoms with Crippen LogP contribution in [-0.2, 0) is 0 Å². The number of nitrogens with one attached hydrogen (secondary N) is 2. The van der Waals surface area contributed by atoms with Gasteiger partial charge >= 0.3 is 0 Å². The predicted molar refractivity (Wildman–Crippen MR) is 57.5 cm³/mol. The summed E-state index contributed by atoms with van der Waals surface area (Å²) >= 11 is 0. The van der Waals surface area contributed by atoms with Crippen LogP contribution >= 0.6 is 0 Å². The maximum absolute atomic E-state index is 7.91. The van der Waals surface area contributed by atoms with E-state index in [4.69, 9.17) is 15.2 Å². The number of rotatable bonds is 1. The molecule has 80 valence electrons. The van der Waals surface area contributed by atoms with Crippen LogP contribution < -0.4 is 0 Å². The van der Waals surface area contributed by atoms with Gasteiger partial charge in [0.2, 0.25) is 0 Å². The van der Waals surface area contributed by atoms with Gasteiger partial charge in [0, 0.05) is 13.1 Å². The van der Waals surface area contributed by atoms with E-state index >= 15 is 0 Å². The van der Waals surface area contributed by atoms with Crippen LogP contribution in [0.5, 0.6) is 0 Å². The third-order valence-corrected chi connectivity index (χ3v) is 2.48. The number of furan rings is 1. The number of amidine groups is 2. The van der Waals surface area contributed by atoms with E-state index in [9.17, 15) is 0 Å². The molecule has 0 spiro atoms. The average Bonchev–Trinajstić information content (AvgIpc) is 2.69. The summed E-state index contributed by atoms with van der Waals surface area (Å²) < 4.78 is 5.15. The Bertz CT molecular complexity index is 371. The van der Waals surface area contributed by atoms with Gasteiger partial charge in [-0.1, -0.05) is 0 Å². The van der Waals surface area contributed by atoms with Crippen LogP contribution in [0.15, 0.2) is 22.8 Å². The van der Waals surface area contributed by atoms with Gasteiger partial charge in [0.1, 0.15) is 5.84 Å². The molecule has 1 aromatic rings. The summed E-state index contributed by atoms with van der Waals surface area (Å²) in [5.74, 6) is 1.24. The van der Waals surface area contributed by atoms with Crippen LogP contribution in [0.3, 0.4) is 0 Å². The first-order valence-corrected chi connectivity index (χ1v) is 4.84. The van der Waals surface area contributed by atoms with E-state index < -0.39 is 0 Å². The second-order valence-electron chi connectivity index (χ2n) is 3.66. The number of hydrogen-bond acceptors (Lipinski definition) is 4. The fraction of sp³-hybridized carbons (Fsp3) is 0.400. The topological polar surface area (TPSA) is 67.3 Å². The summed E-state index contributed by atoms with van der Waals surface area (Å²) in [5.41, 5.74) is 0. The van der Waals surface area contributed by atoms with Crippen molar-refractivity contribution in [1.29, 1.82) is 10.8 Å². The Hall–Kier alpha value is -1.62. The Morgan fingerprint density at radius 1 is 1.47 bits per heavy atom. The quantitative estimate of drug-likeness (QED) is 0.528. The highest BCUT2D eigenvalue weighted by molar-refractivity contribution is 6.06. The minimum Gasteiger partial charge on any atom is -0.461 e. The van der Waals surface area contributed by atoms with Crippen LogP contribution in [0.25, 0.3) is 0 Å². The van der Waals surface area contributed by atoms with Gasteiger partial charge in [-0.3, -0.25) is 15.7 Å². The van der Waals surface area contributed by atoms with Crippen molar-refractivity contribution in [1.82, 2.24) is 9.80 Å². The lowest BCUT2D eigenvalue weighted by Gasteiger charge is -2.33. The van der Waals surface area contributed by atoms with E-state index in [0.717, 1.165) is 6.54 Å². The van der Waals surface area contributed by atoms with E-state index in [2.05, 4.69) is 4.90 Å². The molecule has 5 heteroatoms. The Morgan fingerprint density at radius 3 is 2.87 bits per heavy atom. The molecule has 0 aliphatic carbocycles. The van der Waals surface area contributed by atoms with Gasteiger partial charge in [-0.25, -0.2) is 0 Å². The van der Waals surface area contributed by atoms with Crippen molar-refractivity contribution in [3.8, 4) is 0 Å². The van der Waals surface area contributed by atoms with Crippen molar-refractivity contribution in [3.63, 3.8) is 0 Å². The molecule has 0 atom stereocenters. The van der Waals surface area contributed by atoms with Crippen molar-refractivity contribution in [3.05, 3.63) is 24.2 Å². The fourth-order valence-electron chi connectivity index (χ4n) is 1.62. The number of hydrogen-bond donors (Lipinski definition) is 2. The smallest absolute Gasteiger partial charge is 0.170 e. The monoisotopic (exact) mass is 206 g/mol. The lowest BCUT2D eigenvalue weighted by molar-refractivity contribution is 0.310. The molecule has 15 heavy (non-hydrogen) atoms. The summed E-state index contributed by atoms with van der Waals surface area (Å²) in [7, 11) is 1.97. The van der Waals surface area contributed by atoms with Crippen molar-refractivity contribution >= 4 is 11.7 Å². The fourth-order valence-corrected chi connectivity index (χ4v) is 1.62. The first-order chi connectivity index (χ1) is 7.18. The molecule has 2 N–H and O–H groups in total. The van der Waals surface area contributed by atoms with E-state index in [0.29, 0.717) is 24.7 Å². The van der Waals surface area contributed by atoms with Crippen LogP contribution in [0.4, 0.5) is 0 Å². The van der Waals surface area contributed by atoms with Crippen molar-refractivity contribution < 1.29 is 4.42 Å². The molecule has 1 aliphatic heterocycles. The van der Waals surface area contributed by atoms with Crippen LogP contribution in [-0.4, -0.2) is 48.2 Å². The Kier molecular flexibility index (Phi) is 2.55. The standard InChI is InChI=1S/C10H14N4O/c1-13-4-5-14(9(11)7-13)10(12)8-3-2-6-15-8/h2-3,6,11-12H,4-5,7H2,1H3. The van der Waals surface area contributed by atoms with E-state index in [-0.39, 0.29) is 5.84 Å². The highest BCUT2D eigenvalue weighted by Gasteiger charge is 2.23. The molecule has 0 bridgehead atoms. The second-order valence-corrected chi connectivity index (χ2v) is 3.66. The van der Waals surface area contributed by atoms with Gasteiger partial charge in [-0.2, -0.15) is 0 Å². The zero-order valence-corrected chi connectivity index (χ0v) is 8.66. The third kappa shape index (κ3) is 1.92. The molecule has 1 aromatic heterocycles. The Balaban J connectivity index is 2.11. The molecule has 0 amide bonds. The summed E-state index contributed by atoms with van der Waals surface area (Å²) in [5, 5.41) is 15.7. The zero-order chi connectivity index (χ0) is 10.8. The third-order valence-electron chi connectivity index (χ3n) is 2.48. The molecule has 0 saturated carbocycles. The largest absolute Gasteiger partial charge is 0.461 e. The molecular formula is C10H14N4O. The molecule has 1 saturated heterocycles. The summed E-state index contributed by atoms with van der Waals surface area (Å²) in [6, 6.07) is 3.50. The summed E-state index contributed by atoms with van der Waals surface area (Å²) in [6.45, 7) is 2.13. The second kappa shape index (κ2) is 3.86. The van der Waals surface area contributed by atoms with Gasteiger partial charge in [-0.05, 0) is 19.2 Å². The molecule has 5 nitrogen and oxygen atoms in total. The maximum Gasteiger partial charge on any atom is 0.170 e. The van der Waals surface area contributed by atoms with Crippen molar-refractivity contribution in [2.24, 2.45) is 0 Å². The minimum atomic E-state index is 0.276. The molecule has 1 fully saturated rings. The number of likely N-dealkylation sites (N-methyl/N-ethyl adjacent to an activating group) is 1. The SMILES string of the molecule is CN1CCN(C(=N)c2ccco2)C(=N)C1. The zero-order valence-electron chi connectivity index (χ0n) is 8.66.